The minimum absolute atomic E-state index is 0.219. The Labute approximate surface area is 145 Å². The highest BCUT2D eigenvalue weighted by Gasteiger charge is 2.08. The van der Waals surface area contributed by atoms with Gasteiger partial charge in [0, 0.05) is 24.0 Å². The first-order chi connectivity index (χ1) is 11.8. The molecule has 1 unspecified atom stereocenters. The fourth-order valence-corrected chi connectivity index (χ4v) is 3.10. The molecule has 0 saturated heterocycles. The third-order valence-corrected chi connectivity index (χ3v) is 4.68. The van der Waals surface area contributed by atoms with Gasteiger partial charge in [0.25, 0.3) is 0 Å². The number of H-pyrrole nitrogens is 1. The van der Waals surface area contributed by atoms with Crippen LogP contribution in [0.2, 0.25) is 0 Å². The summed E-state index contributed by atoms with van der Waals surface area (Å²) in [4.78, 5) is 9.76. The summed E-state index contributed by atoms with van der Waals surface area (Å²) >= 11 is 1.74. The Hall–Kier alpha value is -2.67. The van der Waals surface area contributed by atoms with Crippen LogP contribution in [0, 0.1) is 0 Å². The molecule has 0 aliphatic carbocycles. The Morgan fingerprint density at radius 2 is 2.25 bits per heavy atom. The molecule has 24 heavy (non-hydrogen) atoms. The second-order valence-corrected chi connectivity index (χ2v) is 6.32. The standard InChI is InChI=1S/C17H20N6S/c1-12(15-7-4-8-24-15)22-17(18-2)19-10-13-5-3-6-14(9-13)16-20-11-21-23-16/h3-9,11-12H,10H2,1-2H3,(H2,18,19,22)(H,20,21,23). The van der Waals surface area contributed by atoms with Crippen LogP contribution in [0.4, 0.5) is 0 Å². The molecule has 0 aliphatic rings. The summed E-state index contributed by atoms with van der Waals surface area (Å²) in [5.41, 5.74) is 2.16. The average molecular weight is 340 g/mol. The quantitative estimate of drug-likeness (QED) is 0.493. The summed E-state index contributed by atoms with van der Waals surface area (Å²) in [6.07, 6.45) is 1.51. The molecule has 3 N–H and O–H groups in total. The van der Waals surface area contributed by atoms with E-state index in [4.69, 9.17) is 0 Å². The van der Waals surface area contributed by atoms with Crippen molar-refractivity contribution >= 4 is 17.3 Å². The predicted molar refractivity (Wildman–Crippen MR) is 97.9 cm³/mol. The monoisotopic (exact) mass is 340 g/mol. The van der Waals surface area contributed by atoms with Crippen molar-refractivity contribution in [1.29, 1.82) is 0 Å². The number of thiophene rings is 1. The maximum Gasteiger partial charge on any atom is 0.191 e. The van der Waals surface area contributed by atoms with E-state index < -0.39 is 0 Å². The molecule has 2 heterocycles. The van der Waals surface area contributed by atoms with Gasteiger partial charge >= 0.3 is 0 Å². The first kappa shape index (κ1) is 16.2. The zero-order valence-electron chi connectivity index (χ0n) is 13.7. The van der Waals surface area contributed by atoms with Crippen molar-refractivity contribution in [2.24, 2.45) is 4.99 Å². The van der Waals surface area contributed by atoms with Crippen molar-refractivity contribution in [2.75, 3.05) is 7.05 Å². The Morgan fingerprint density at radius 3 is 2.96 bits per heavy atom. The van der Waals surface area contributed by atoms with Crippen LogP contribution in [0.25, 0.3) is 11.4 Å². The lowest BCUT2D eigenvalue weighted by atomic mass is 10.1. The van der Waals surface area contributed by atoms with E-state index in [0.29, 0.717) is 6.54 Å². The van der Waals surface area contributed by atoms with Gasteiger partial charge in [-0.2, -0.15) is 5.10 Å². The Balaban J connectivity index is 1.61. The largest absolute Gasteiger partial charge is 0.352 e. The van der Waals surface area contributed by atoms with Gasteiger partial charge in [0.1, 0.15) is 6.33 Å². The molecule has 0 spiro atoms. The van der Waals surface area contributed by atoms with Crippen molar-refractivity contribution in [1.82, 2.24) is 25.8 Å². The molecule has 6 nitrogen and oxygen atoms in total. The summed E-state index contributed by atoms with van der Waals surface area (Å²) in [5.74, 6) is 1.55. The van der Waals surface area contributed by atoms with E-state index in [-0.39, 0.29) is 6.04 Å². The highest BCUT2D eigenvalue weighted by atomic mass is 32.1. The lowest BCUT2D eigenvalue weighted by Crippen LogP contribution is -2.38. The zero-order chi connectivity index (χ0) is 16.8. The fraction of sp³-hybridized carbons (Fsp3) is 0.235. The van der Waals surface area contributed by atoms with Crippen LogP contribution in [0.1, 0.15) is 23.4 Å². The van der Waals surface area contributed by atoms with Gasteiger partial charge in [-0.1, -0.05) is 24.3 Å². The number of nitrogens with one attached hydrogen (secondary N) is 3. The molecule has 0 aliphatic heterocycles. The molecule has 0 bridgehead atoms. The van der Waals surface area contributed by atoms with Gasteiger partial charge < -0.3 is 10.6 Å². The maximum absolute atomic E-state index is 4.30. The number of nitrogens with zero attached hydrogens (tertiary/aromatic N) is 3. The molecule has 1 aromatic carbocycles. The molecule has 7 heteroatoms. The van der Waals surface area contributed by atoms with Gasteiger partial charge in [0.15, 0.2) is 11.8 Å². The highest BCUT2D eigenvalue weighted by molar-refractivity contribution is 7.10. The minimum Gasteiger partial charge on any atom is -0.352 e. The van der Waals surface area contributed by atoms with Gasteiger partial charge in [0.05, 0.1) is 6.04 Å². The van der Waals surface area contributed by atoms with E-state index in [1.54, 1.807) is 18.4 Å². The Kier molecular flexibility index (Phi) is 5.22. The van der Waals surface area contributed by atoms with Gasteiger partial charge in [-0.3, -0.25) is 10.1 Å². The van der Waals surface area contributed by atoms with Crippen molar-refractivity contribution in [3.63, 3.8) is 0 Å². The summed E-state index contributed by atoms with van der Waals surface area (Å²) < 4.78 is 0. The molecule has 124 valence electrons. The van der Waals surface area contributed by atoms with Crippen LogP contribution < -0.4 is 10.6 Å². The molecule has 0 saturated carbocycles. The SMILES string of the molecule is CN=C(NCc1cccc(-c2ncn[nH]2)c1)NC(C)c1cccs1. The maximum atomic E-state index is 4.30. The lowest BCUT2D eigenvalue weighted by Gasteiger charge is -2.17. The van der Waals surface area contributed by atoms with E-state index in [1.807, 2.05) is 12.1 Å². The number of hydrogen-bond donors (Lipinski definition) is 3. The van der Waals surface area contributed by atoms with E-state index in [0.717, 1.165) is 22.9 Å². The first-order valence-corrected chi connectivity index (χ1v) is 8.59. The minimum atomic E-state index is 0.219. The van der Waals surface area contributed by atoms with Gasteiger partial charge in [-0.25, -0.2) is 4.98 Å². The molecule has 0 amide bonds. The Bertz CT molecular complexity index is 779. The number of hydrogen-bond acceptors (Lipinski definition) is 4. The van der Waals surface area contributed by atoms with E-state index in [9.17, 15) is 0 Å². The number of benzene rings is 1. The van der Waals surface area contributed by atoms with Crippen LogP contribution in [0.3, 0.4) is 0 Å². The van der Waals surface area contributed by atoms with E-state index in [2.05, 4.69) is 67.4 Å². The third-order valence-electron chi connectivity index (χ3n) is 3.62. The van der Waals surface area contributed by atoms with Crippen molar-refractivity contribution in [3.8, 4) is 11.4 Å². The summed E-state index contributed by atoms with van der Waals surface area (Å²) in [6.45, 7) is 2.81. The van der Waals surface area contributed by atoms with Crippen LogP contribution in [0.15, 0.2) is 53.1 Å². The first-order valence-electron chi connectivity index (χ1n) is 7.71. The lowest BCUT2D eigenvalue weighted by molar-refractivity contribution is 0.696. The Morgan fingerprint density at radius 1 is 1.33 bits per heavy atom. The molecular formula is C17H20N6S. The average Bonchev–Trinajstić information content (AvgIpc) is 3.32. The fourth-order valence-electron chi connectivity index (χ4n) is 2.37. The van der Waals surface area contributed by atoms with Crippen molar-refractivity contribution in [3.05, 3.63) is 58.5 Å². The number of rotatable bonds is 5. The predicted octanol–water partition coefficient (Wildman–Crippen LogP) is 2.96. The molecule has 1 atom stereocenters. The molecular weight excluding hydrogens is 320 g/mol. The van der Waals surface area contributed by atoms with E-state index in [1.165, 1.54) is 11.2 Å². The van der Waals surface area contributed by atoms with Crippen LogP contribution >= 0.6 is 11.3 Å². The molecule has 2 aromatic heterocycles. The second-order valence-electron chi connectivity index (χ2n) is 5.34. The van der Waals surface area contributed by atoms with Crippen molar-refractivity contribution < 1.29 is 0 Å². The molecule has 0 radical (unpaired) electrons. The summed E-state index contributed by atoms with van der Waals surface area (Å²) in [6, 6.07) is 12.6. The van der Waals surface area contributed by atoms with Crippen LogP contribution in [-0.2, 0) is 6.54 Å². The summed E-state index contributed by atoms with van der Waals surface area (Å²) in [5, 5.41) is 15.6. The number of aromatic amines is 1. The van der Waals surface area contributed by atoms with Gasteiger partial charge in [-0.15, -0.1) is 11.3 Å². The molecule has 3 aromatic rings. The second kappa shape index (κ2) is 7.74. The smallest absolute Gasteiger partial charge is 0.191 e. The van der Waals surface area contributed by atoms with Crippen molar-refractivity contribution in [2.45, 2.75) is 19.5 Å². The topological polar surface area (TPSA) is 78.0 Å². The van der Waals surface area contributed by atoms with Gasteiger partial charge in [0.2, 0.25) is 0 Å². The summed E-state index contributed by atoms with van der Waals surface area (Å²) in [7, 11) is 1.78. The number of aromatic nitrogens is 3. The van der Waals surface area contributed by atoms with Gasteiger partial charge in [-0.05, 0) is 30.0 Å². The molecule has 3 rings (SSSR count). The zero-order valence-corrected chi connectivity index (χ0v) is 14.5. The number of aliphatic imine (C=N–C) groups is 1. The number of guanidine groups is 1. The third kappa shape index (κ3) is 3.99. The van der Waals surface area contributed by atoms with Crippen LogP contribution in [-0.4, -0.2) is 28.2 Å². The molecule has 0 fully saturated rings. The highest BCUT2D eigenvalue weighted by Crippen LogP contribution is 2.18. The normalized spacial score (nSPS) is 12.8. The van der Waals surface area contributed by atoms with Crippen LogP contribution in [0.5, 0.6) is 0 Å². The van der Waals surface area contributed by atoms with E-state index >= 15 is 0 Å².